The molecule has 9 nitrogen and oxygen atoms in total. The Morgan fingerprint density at radius 3 is 2.51 bits per heavy atom. The van der Waals surface area contributed by atoms with Crippen LogP contribution in [-0.2, 0) is 19.3 Å². The summed E-state index contributed by atoms with van der Waals surface area (Å²) >= 11 is 0. The molecule has 0 bridgehead atoms. The van der Waals surface area contributed by atoms with E-state index in [2.05, 4.69) is 21.3 Å². The maximum atomic E-state index is 14.1. The predicted molar refractivity (Wildman–Crippen MR) is 181 cm³/mol. The second-order valence-corrected chi connectivity index (χ2v) is 12.5. The number of pyridine rings is 3. The summed E-state index contributed by atoms with van der Waals surface area (Å²) in [7, 11) is 0. The molecule has 0 amide bonds. The van der Waals surface area contributed by atoms with Crippen molar-refractivity contribution in [1.82, 2.24) is 19.4 Å². The molecular weight excluding hydrogens is 633 g/mol. The molecule has 4 aromatic heterocycles. The van der Waals surface area contributed by atoms with E-state index in [1.165, 1.54) is 6.07 Å². The summed E-state index contributed by atoms with van der Waals surface area (Å²) in [4.78, 5) is 11.6. The van der Waals surface area contributed by atoms with Crippen LogP contribution in [0.25, 0.3) is 44.3 Å². The standard InChI is InChI=1S/C37H35F3N6O3/c1-21-26(5-3-7-28(21)32-16-29-34(49-32)30(37(38,39)40)20-46(13-14-47)35(29)41)27-6-4-8-31(22(27)2)44-36-33-24(9-11-42-36)15-23(17-43-33)18-45-12-10-25(48)19-45/h3-9,11,15-17,20,25,41,47-48H,10,12-14,18-19H2,1-2H3,(H,42,44)/t25-/m1/s1. The first-order valence-electron chi connectivity index (χ1n) is 16.0. The van der Waals surface area contributed by atoms with Crippen molar-refractivity contribution < 1.29 is 27.8 Å². The Labute approximate surface area is 279 Å². The molecule has 0 aliphatic carbocycles. The van der Waals surface area contributed by atoms with Gasteiger partial charge in [-0.3, -0.25) is 15.3 Å². The SMILES string of the molecule is Cc1c(Nc2nccc3cc(CN4CC[C@@H](O)C4)cnc23)cccc1-c1cccc(-c2cc3c(=N)n(CCO)cc(C(F)(F)F)c3o2)c1C. The second kappa shape index (κ2) is 12.8. The number of anilines is 2. The Hall–Kier alpha value is -5.04. The van der Waals surface area contributed by atoms with E-state index in [4.69, 9.17) is 14.8 Å². The number of hydrogen-bond acceptors (Lipinski definition) is 8. The fourth-order valence-corrected chi connectivity index (χ4v) is 6.70. The van der Waals surface area contributed by atoms with Crippen LogP contribution in [0.5, 0.6) is 0 Å². The zero-order valence-electron chi connectivity index (χ0n) is 27.0. The van der Waals surface area contributed by atoms with Crippen LogP contribution in [0.15, 0.2) is 77.6 Å². The molecule has 252 valence electrons. The number of fused-ring (bicyclic) bond motifs is 2. The second-order valence-electron chi connectivity index (χ2n) is 12.5. The van der Waals surface area contributed by atoms with E-state index in [0.29, 0.717) is 17.9 Å². The summed E-state index contributed by atoms with van der Waals surface area (Å²) in [6.45, 7) is 5.57. The fourth-order valence-electron chi connectivity index (χ4n) is 6.70. The Kier molecular flexibility index (Phi) is 8.47. The van der Waals surface area contributed by atoms with E-state index in [-0.39, 0.29) is 29.3 Å². The van der Waals surface area contributed by atoms with Crippen molar-refractivity contribution in [3.63, 3.8) is 0 Å². The van der Waals surface area contributed by atoms with Gasteiger partial charge in [0.1, 0.15) is 22.3 Å². The Bertz CT molecular complexity index is 2260. The minimum atomic E-state index is -4.71. The van der Waals surface area contributed by atoms with Crippen LogP contribution >= 0.6 is 0 Å². The lowest BCUT2D eigenvalue weighted by molar-refractivity contribution is -0.137. The summed E-state index contributed by atoms with van der Waals surface area (Å²) in [5, 5.41) is 32.2. The lowest BCUT2D eigenvalue weighted by Gasteiger charge is -2.17. The van der Waals surface area contributed by atoms with Gasteiger partial charge in [-0.2, -0.15) is 13.2 Å². The number of aliphatic hydroxyl groups is 2. The van der Waals surface area contributed by atoms with Gasteiger partial charge in [-0.25, -0.2) is 4.98 Å². The molecule has 0 spiro atoms. The maximum Gasteiger partial charge on any atom is 0.421 e. The average molecular weight is 669 g/mol. The molecule has 0 unspecified atom stereocenters. The molecule has 2 aromatic carbocycles. The number of aromatic nitrogens is 3. The lowest BCUT2D eigenvalue weighted by Crippen LogP contribution is -2.24. The van der Waals surface area contributed by atoms with Crippen LogP contribution in [0.1, 0.15) is 28.7 Å². The summed E-state index contributed by atoms with van der Waals surface area (Å²) in [6, 6.07) is 17.0. The van der Waals surface area contributed by atoms with Gasteiger partial charge in [0.05, 0.1) is 18.1 Å². The number of rotatable bonds is 8. The van der Waals surface area contributed by atoms with Crippen molar-refractivity contribution >= 4 is 33.4 Å². The number of hydrogen-bond donors (Lipinski definition) is 4. The minimum Gasteiger partial charge on any atom is -0.455 e. The number of β-amino-alcohol motifs (C(OH)–C–C–N with tert-alkyl or cyclic N) is 1. The molecule has 7 rings (SSSR count). The number of halogens is 3. The number of alkyl halides is 3. The van der Waals surface area contributed by atoms with Crippen molar-refractivity contribution in [3.8, 4) is 22.5 Å². The van der Waals surface area contributed by atoms with Gasteiger partial charge in [0.25, 0.3) is 0 Å². The van der Waals surface area contributed by atoms with E-state index < -0.39 is 23.9 Å². The van der Waals surface area contributed by atoms with Crippen molar-refractivity contribution in [2.75, 3.05) is 25.0 Å². The highest BCUT2D eigenvalue weighted by Crippen LogP contribution is 2.40. The number of furan rings is 1. The topological polar surface area (TPSA) is 123 Å². The molecule has 1 aliphatic rings. The first-order valence-corrected chi connectivity index (χ1v) is 16.0. The third kappa shape index (κ3) is 6.18. The monoisotopic (exact) mass is 668 g/mol. The van der Waals surface area contributed by atoms with E-state index >= 15 is 0 Å². The molecule has 0 saturated carbocycles. The quantitative estimate of drug-likeness (QED) is 0.139. The molecule has 49 heavy (non-hydrogen) atoms. The summed E-state index contributed by atoms with van der Waals surface area (Å²) in [5.41, 5.74) is 5.17. The third-order valence-corrected chi connectivity index (χ3v) is 9.24. The maximum absolute atomic E-state index is 14.1. The van der Waals surface area contributed by atoms with E-state index in [9.17, 15) is 23.4 Å². The molecule has 1 atom stereocenters. The average Bonchev–Trinajstić information content (AvgIpc) is 3.69. The van der Waals surface area contributed by atoms with Crippen LogP contribution in [-0.4, -0.2) is 55.4 Å². The first-order chi connectivity index (χ1) is 23.5. The molecule has 5 heterocycles. The van der Waals surface area contributed by atoms with E-state index in [1.54, 1.807) is 12.3 Å². The van der Waals surface area contributed by atoms with Gasteiger partial charge in [0.15, 0.2) is 11.4 Å². The zero-order valence-corrected chi connectivity index (χ0v) is 27.0. The summed E-state index contributed by atoms with van der Waals surface area (Å²) in [5.74, 6) is 0.826. The van der Waals surface area contributed by atoms with E-state index in [0.717, 1.165) is 74.7 Å². The normalized spacial score (nSPS) is 15.4. The van der Waals surface area contributed by atoms with Crippen molar-refractivity contribution in [2.45, 2.75) is 45.6 Å². The molecule has 1 aliphatic heterocycles. The van der Waals surface area contributed by atoms with Gasteiger partial charge in [-0.1, -0.05) is 30.3 Å². The third-order valence-electron chi connectivity index (χ3n) is 9.24. The molecule has 4 N–H and O–H groups in total. The molecule has 1 fully saturated rings. The number of likely N-dealkylation sites (tertiary alicyclic amines) is 1. The Morgan fingerprint density at radius 1 is 1.02 bits per heavy atom. The summed E-state index contributed by atoms with van der Waals surface area (Å²) < 4.78 is 49.1. The Balaban J connectivity index is 1.23. The first kappa shape index (κ1) is 32.5. The van der Waals surface area contributed by atoms with Gasteiger partial charge < -0.3 is 24.5 Å². The molecule has 1 saturated heterocycles. The molecular formula is C37H35F3N6O3. The minimum absolute atomic E-state index is 0.0172. The smallest absolute Gasteiger partial charge is 0.421 e. The lowest BCUT2D eigenvalue weighted by atomic mass is 9.92. The number of nitrogens with zero attached hydrogens (tertiary/aromatic N) is 4. The molecule has 12 heteroatoms. The van der Waals surface area contributed by atoms with Crippen LogP contribution in [0.4, 0.5) is 24.7 Å². The predicted octanol–water partition coefficient (Wildman–Crippen LogP) is 6.93. The Morgan fingerprint density at radius 2 is 1.78 bits per heavy atom. The highest BCUT2D eigenvalue weighted by Gasteiger charge is 2.36. The number of benzene rings is 2. The zero-order chi connectivity index (χ0) is 34.4. The summed E-state index contributed by atoms with van der Waals surface area (Å²) in [6.07, 6.45) is 0.200. The van der Waals surface area contributed by atoms with Gasteiger partial charge in [0, 0.05) is 61.4 Å². The van der Waals surface area contributed by atoms with E-state index in [1.807, 2.05) is 56.4 Å². The van der Waals surface area contributed by atoms with Crippen molar-refractivity contribution in [1.29, 1.82) is 5.41 Å². The number of aliphatic hydroxyl groups excluding tert-OH is 2. The number of nitrogens with one attached hydrogen (secondary N) is 2. The van der Waals surface area contributed by atoms with Crippen LogP contribution < -0.4 is 10.8 Å². The van der Waals surface area contributed by atoms with Crippen LogP contribution in [0, 0.1) is 19.3 Å². The fraction of sp³-hybridized carbons (Fsp3) is 0.270. The largest absolute Gasteiger partial charge is 0.455 e. The highest BCUT2D eigenvalue weighted by molar-refractivity contribution is 5.91. The van der Waals surface area contributed by atoms with Crippen LogP contribution in [0.2, 0.25) is 0 Å². The van der Waals surface area contributed by atoms with Gasteiger partial charge >= 0.3 is 6.18 Å². The molecule has 0 radical (unpaired) electrons. The van der Waals surface area contributed by atoms with Gasteiger partial charge in [-0.15, -0.1) is 0 Å². The van der Waals surface area contributed by atoms with Crippen molar-refractivity contribution in [2.24, 2.45) is 0 Å². The van der Waals surface area contributed by atoms with Crippen LogP contribution in [0.3, 0.4) is 0 Å². The molecule has 6 aromatic rings. The highest BCUT2D eigenvalue weighted by atomic mass is 19.4. The van der Waals surface area contributed by atoms with Crippen molar-refractivity contribution in [3.05, 3.63) is 101 Å². The van der Waals surface area contributed by atoms with Gasteiger partial charge in [-0.05, 0) is 72.4 Å². The van der Waals surface area contributed by atoms with Gasteiger partial charge in [0.2, 0.25) is 0 Å².